The molecular weight excluding hydrogens is 583 g/mol. The van der Waals surface area contributed by atoms with E-state index in [9.17, 15) is 0 Å². The maximum absolute atomic E-state index is 6.35. The van der Waals surface area contributed by atoms with Gasteiger partial charge in [-0.05, 0) is 98.8 Å². The Morgan fingerprint density at radius 1 is 0.333 bits per heavy atom. The van der Waals surface area contributed by atoms with Gasteiger partial charge in [0.05, 0.1) is 11.1 Å². The molecule has 2 heteroatoms. The Morgan fingerprint density at radius 2 is 0.917 bits per heavy atom. The zero-order chi connectivity index (χ0) is 31.9. The summed E-state index contributed by atoms with van der Waals surface area (Å²) in [5, 5.41) is 4.70. The highest BCUT2D eigenvalue weighted by Crippen LogP contribution is 2.44. The lowest BCUT2D eigenvalue weighted by atomic mass is 9.98. The molecule has 0 aliphatic carbocycles. The molecule has 9 aromatic rings. The van der Waals surface area contributed by atoms with Gasteiger partial charge in [-0.3, -0.25) is 0 Å². The van der Waals surface area contributed by atoms with E-state index >= 15 is 0 Å². The third kappa shape index (κ3) is 5.01. The molecule has 0 radical (unpaired) electrons. The van der Waals surface area contributed by atoms with Crippen molar-refractivity contribution in [3.05, 3.63) is 188 Å². The second kappa shape index (κ2) is 11.8. The summed E-state index contributed by atoms with van der Waals surface area (Å²) in [6, 6.07) is 67.0. The van der Waals surface area contributed by atoms with Crippen molar-refractivity contribution in [1.29, 1.82) is 0 Å². The summed E-state index contributed by atoms with van der Waals surface area (Å²) in [4.78, 5) is 2.36. The molecule has 1 aromatic heterocycles. The van der Waals surface area contributed by atoms with Crippen molar-refractivity contribution >= 4 is 49.8 Å². The minimum absolute atomic E-state index is 0.873. The van der Waals surface area contributed by atoms with Crippen LogP contribution in [0.4, 0.5) is 17.1 Å². The predicted molar refractivity (Wildman–Crippen MR) is 202 cm³/mol. The molecule has 226 valence electrons. The van der Waals surface area contributed by atoms with Crippen molar-refractivity contribution in [3.8, 4) is 33.4 Å². The van der Waals surface area contributed by atoms with Gasteiger partial charge < -0.3 is 9.32 Å². The number of rotatable bonds is 6. The molecule has 0 fully saturated rings. The van der Waals surface area contributed by atoms with Crippen LogP contribution in [0.5, 0.6) is 0 Å². The Kier molecular flexibility index (Phi) is 6.84. The van der Waals surface area contributed by atoms with E-state index in [1.165, 1.54) is 38.6 Å². The van der Waals surface area contributed by atoms with E-state index in [0.717, 1.165) is 44.6 Å². The first-order chi connectivity index (χ1) is 23.8. The van der Waals surface area contributed by atoms with Crippen LogP contribution in [-0.4, -0.2) is 0 Å². The molecule has 0 bridgehead atoms. The molecule has 1 heterocycles. The summed E-state index contributed by atoms with van der Waals surface area (Å²) >= 11 is 0. The number of nitrogens with zero attached hydrogens (tertiary/aromatic N) is 1. The normalized spacial score (nSPS) is 11.3. The largest absolute Gasteiger partial charge is 0.456 e. The molecular formula is C46H31NO. The van der Waals surface area contributed by atoms with Gasteiger partial charge in [0.1, 0.15) is 11.2 Å². The lowest BCUT2D eigenvalue weighted by Gasteiger charge is -2.27. The van der Waals surface area contributed by atoms with E-state index in [-0.39, 0.29) is 0 Å². The smallest absolute Gasteiger partial charge is 0.137 e. The van der Waals surface area contributed by atoms with Gasteiger partial charge in [-0.2, -0.15) is 0 Å². The number of anilines is 3. The molecule has 48 heavy (non-hydrogen) atoms. The molecule has 9 rings (SSSR count). The first-order valence-corrected chi connectivity index (χ1v) is 16.3. The van der Waals surface area contributed by atoms with Crippen molar-refractivity contribution in [1.82, 2.24) is 0 Å². The molecule has 0 saturated heterocycles. The standard InChI is InChI=1S/C46H31NO/c1-2-11-32(12-3-1)36-15-8-16-37(29-36)38-17-9-18-41(31-38)47(43-20-10-22-45-46(43)42-19-6-7-21-44(42)48-45)40-27-25-34(26-28-40)39-24-23-33-13-4-5-14-35(33)30-39/h1-31H. The van der Waals surface area contributed by atoms with Crippen molar-refractivity contribution in [3.63, 3.8) is 0 Å². The summed E-state index contributed by atoms with van der Waals surface area (Å²) in [5.74, 6) is 0. The molecule has 2 nitrogen and oxygen atoms in total. The van der Waals surface area contributed by atoms with Crippen LogP contribution in [0, 0.1) is 0 Å². The van der Waals surface area contributed by atoms with Gasteiger partial charge in [0.2, 0.25) is 0 Å². The van der Waals surface area contributed by atoms with Crippen LogP contribution in [0.1, 0.15) is 0 Å². The average Bonchev–Trinajstić information content (AvgIpc) is 3.55. The zero-order valence-electron chi connectivity index (χ0n) is 26.3. The Bertz CT molecular complexity index is 2560. The summed E-state index contributed by atoms with van der Waals surface area (Å²) < 4.78 is 6.35. The van der Waals surface area contributed by atoms with Crippen molar-refractivity contribution in [2.45, 2.75) is 0 Å². The molecule has 0 aliphatic rings. The molecule has 0 spiro atoms. The maximum Gasteiger partial charge on any atom is 0.137 e. The molecule has 0 aliphatic heterocycles. The van der Waals surface area contributed by atoms with Crippen LogP contribution in [0.3, 0.4) is 0 Å². The summed E-state index contributed by atoms with van der Waals surface area (Å²) in [7, 11) is 0. The van der Waals surface area contributed by atoms with E-state index in [1.54, 1.807) is 0 Å². The fourth-order valence-corrected chi connectivity index (χ4v) is 6.87. The van der Waals surface area contributed by atoms with Crippen LogP contribution in [0.25, 0.3) is 66.1 Å². The van der Waals surface area contributed by atoms with Gasteiger partial charge in [0, 0.05) is 16.8 Å². The van der Waals surface area contributed by atoms with Crippen molar-refractivity contribution in [2.75, 3.05) is 4.90 Å². The minimum atomic E-state index is 0.873. The van der Waals surface area contributed by atoms with Gasteiger partial charge in [-0.1, -0.05) is 133 Å². The van der Waals surface area contributed by atoms with Gasteiger partial charge in [-0.15, -0.1) is 0 Å². The lowest BCUT2D eigenvalue weighted by molar-refractivity contribution is 0.669. The van der Waals surface area contributed by atoms with Gasteiger partial charge in [-0.25, -0.2) is 0 Å². The van der Waals surface area contributed by atoms with E-state index in [1.807, 2.05) is 12.1 Å². The third-order valence-electron chi connectivity index (χ3n) is 9.24. The summed E-state index contributed by atoms with van der Waals surface area (Å²) in [6.07, 6.45) is 0. The van der Waals surface area contributed by atoms with Crippen LogP contribution in [-0.2, 0) is 0 Å². The lowest BCUT2D eigenvalue weighted by Crippen LogP contribution is -2.10. The Hall–Kier alpha value is -6.38. The Balaban J connectivity index is 1.19. The van der Waals surface area contributed by atoms with Crippen LogP contribution >= 0.6 is 0 Å². The predicted octanol–water partition coefficient (Wildman–Crippen LogP) is 13.2. The van der Waals surface area contributed by atoms with Crippen molar-refractivity contribution < 1.29 is 4.42 Å². The molecule has 0 amide bonds. The number of fused-ring (bicyclic) bond motifs is 4. The fourth-order valence-electron chi connectivity index (χ4n) is 6.87. The van der Waals surface area contributed by atoms with E-state index in [2.05, 4.69) is 181 Å². The second-order valence-corrected chi connectivity index (χ2v) is 12.2. The van der Waals surface area contributed by atoms with Gasteiger partial charge in [0.25, 0.3) is 0 Å². The fraction of sp³-hybridized carbons (Fsp3) is 0. The average molecular weight is 614 g/mol. The van der Waals surface area contributed by atoms with E-state index in [4.69, 9.17) is 4.42 Å². The highest BCUT2D eigenvalue weighted by Gasteiger charge is 2.20. The topological polar surface area (TPSA) is 16.4 Å². The van der Waals surface area contributed by atoms with E-state index < -0.39 is 0 Å². The van der Waals surface area contributed by atoms with Gasteiger partial charge >= 0.3 is 0 Å². The number of para-hydroxylation sites is 1. The second-order valence-electron chi connectivity index (χ2n) is 12.2. The number of hydrogen-bond acceptors (Lipinski definition) is 2. The number of hydrogen-bond donors (Lipinski definition) is 0. The molecule has 0 saturated carbocycles. The van der Waals surface area contributed by atoms with Crippen LogP contribution < -0.4 is 4.90 Å². The van der Waals surface area contributed by atoms with Crippen LogP contribution in [0.15, 0.2) is 192 Å². The maximum atomic E-state index is 6.35. The van der Waals surface area contributed by atoms with Crippen molar-refractivity contribution in [2.24, 2.45) is 0 Å². The zero-order valence-corrected chi connectivity index (χ0v) is 26.3. The highest BCUT2D eigenvalue weighted by atomic mass is 16.3. The Labute approximate surface area is 279 Å². The number of benzene rings is 8. The number of furan rings is 1. The quantitative estimate of drug-likeness (QED) is 0.185. The summed E-state index contributed by atoms with van der Waals surface area (Å²) in [6.45, 7) is 0. The summed E-state index contributed by atoms with van der Waals surface area (Å²) in [5.41, 5.74) is 12.1. The Morgan fingerprint density at radius 3 is 1.77 bits per heavy atom. The highest BCUT2D eigenvalue weighted by molar-refractivity contribution is 6.13. The molecule has 0 unspecified atom stereocenters. The molecule has 8 aromatic carbocycles. The molecule has 0 atom stereocenters. The van der Waals surface area contributed by atoms with Crippen LogP contribution in [0.2, 0.25) is 0 Å². The molecule has 0 N–H and O–H groups in total. The first kappa shape index (κ1) is 27.9. The third-order valence-corrected chi connectivity index (χ3v) is 9.24. The SMILES string of the molecule is c1ccc(-c2cccc(-c3cccc(N(c4ccc(-c5ccc6ccccc6c5)cc4)c4cccc5oc6ccccc6c45)c3)c2)cc1. The van der Waals surface area contributed by atoms with Gasteiger partial charge in [0.15, 0.2) is 0 Å². The van der Waals surface area contributed by atoms with E-state index in [0.29, 0.717) is 0 Å². The monoisotopic (exact) mass is 613 g/mol. The first-order valence-electron chi connectivity index (χ1n) is 16.3. The minimum Gasteiger partial charge on any atom is -0.456 e.